The third kappa shape index (κ3) is 4.50. The fourth-order valence-corrected chi connectivity index (χ4v) is 3.08. The Morgan fingerprint density at radius 3 is 2.60 bits per heavy atom. The van der Waals surface area contributed by atoms with Crippen molar-refractivity contribution in [3.63, 3.8) is 0 Å². The average molecular weight is 300 g/mol. The first-order valence-electron chi connectivity index (χ1n) is 6.40. The van der Waals surface area contributed by atoms with Crippen LogP contribution in [0.2, 0.25) is 0 Å². The molecule has 1 aromatic rings. The van der Waals surface area contributed by atoms with Gasteiger partial charge in [0.25, 0.3) is 0 Å². The lowest BCUT2D eigenvalue weighted by Crippen LogP contribution is -2.28. The molecule has 7 heteroatoms. The molecule has 0 spiro atoms. The van der Waals surface area contributed by atoms with E-state index in [2.05, 4.69) is 4.72 Å². The zero-order valence-electron chi connectivity index (χ0n) is 11.7. The van der Waals surface area contributed by atoms with Crippen LogP contribution in [-0.2, 0) is 14.8 Å². The van der Waals surface area contributed by atoms with Gasteiger partial charge in [0, 0.05) is 20.1 Å². The van der Waals surface area contributed by atoms with Crippen LogP contribution in [0.1, 0.15) is 19.8 Å². The molecule has 0 saturated heterocycles. The Bertz CT molecular complexity index is 557. The molecule has 0 fully saturated rings. The summed E-state index contributed by atoms with van der Waals surface area (Å²) >= 11 is 0. The number of para-hydroxylation sites is 1. The summed E-state index contributed by atoms with van der Waals surface area (Å²) in [5, 5.41) is 8.70. The molecule has 0 aliphatic rings. The summed E-state index contributed by atoms with van der Waals surface area (Å²) < 4.78 is 26.9. The highest BCUT2D eigenvalue weighted by molar-refractivity contribution is 7.89. The van der Waals surface area contributed by atoms with Crippen LogP contribution in [0.4, 0.5) is 5.69 Å². The second-order valence-electron chi connectivity index (χ2n) is 4.43. The number of hydrogen-bond acceptors (Lipinski definition) is 4. The van der Waals surface area contributed by atoms with Crippen molar-refractivity contribution >= 4 is 21.7 Å². The molecule has 6 nitrogen and oxygen atoms in total. The van der Waals surface area contributed by atoms with E-state index in [1.54, 1.807) is 30.1 Å². The molecular formula is C13H20N2O4S. The van der Waals surface area contributed by atoms with Crippen LogP contribution in [0.3, 0.4) is 0 Å². The van der Waals surface area contributed by atoms with E-state index in [4.69, 9.17) is 5.11 Å². The first kappa shape index (κ1) is 16.5. The summed E-state index contributed by atoms with van der Waals surface area (Å²) in [5.74, 6) is -0.915. The van der Waals surface area contributed by atoms with Crippen LogP contribution in [0.5, 0.6) is 0 Å². The molecular weight excluding hydrogens is 280 g/mol. The number of rotatable bonds is 8. The van der Waals surface area contributed by atoms with Crippen molar-refractivity contribution in [3.05, 3.63) is 24.3 Å². The van der Waals surface area contributed by atoms with E-state index in [0.717, 1.165) is 0 Å². The summed E-state index contributed by atoms with van der Waals surface area (Å²) in [6, 6.07) is 6.56. The van der Waals surface area contributed by atoms with Gasteiger partial charge >= 0.3 is 5.97 Å². The van der Waals surface area contributed by atoms with Crippen molar-refractivity contribution in [2.75, 3.05) is 25.0 Å². The lowest BCUT2D eigenvalue weighted by Gasteiger charge is -2.21. The molecule has 0 radical (unpaired) electrons. The predicted molar refractivity (Wildman–Crippen MR) is 77.4 cm³/mol. The maximum Gasteiger partial charge on any atom is 0.305 e. The monoisotopic (exact) mass is 300 g/mol. The average Bonchev–Trinajstić information content (AvgIpc) is 2.42. The normalized spacial score (nSPS) is 11.3. The molecule has 0 unspecified atom stereocenters. The van der Waals surface area contributed by atoms with E-state index < -0.39 is 16.0 Å². The van der Waals surface area contributed by atoms with Gasteiger partial charge in [-0.1, -0.05) is 19.1 Å². The topological polar surface area (TPSA) is 86.7 Å². The van der Waals surface area contributed by atoms with Gasteiger partial charge in [-0.25, -0.2) is 13.1 Å². The molecule has 0 saturated carbocycles. The number of carboxylic acids is 1. The fraction of sp³-hybridized carbons (Fsp3) is 0.462. The van der Waals surface area contributed by atoms with Crippen LogP contribution < -0.4 is 9.62 Å². The quantitative estimate of drug-likeness (QED) is 0.755. The highest BCUT2D eigenvalue weighted by atomic mass is 32.2. The maximum atomic E-state index is 12.2. The molecule has 112 valence electrons. The number of carboxylic acid groups (broad SMARTS) is 1. The SMILES string of the molecule is CCCNS(=O)(=O)c1ccccc1N(C)CCC(=O)O. The minimum Gasteiger partial charge on any atom is -0.481 e. The maximum absolute atomic E-state index is 12.2. The van der Waals surface area contributed by atoms with Gasteiger partial charge in [-0.05, 0) is 18.6 Å². The van der Waals surface area contributed by atoms with Crippen LogP contribution >= 0.6 is 0 Å². The molecule has 1 aromatic carbocycles. The summed E-state index contributed by atoms with van der Waals surface area (Å²) in [6.07, 6.45) is 0.656. The number of nitrogens with one attached hydrogen (secondary N) is 1. The van der Waals surface area contributed by atoms with E-state index >= 15 is 0 Å². The molecule has 0 aliphatic carbocycles. The number of nitrogens with zero attached hydrogens (tertiary/aromatic N) is 1. The van der Waals surface area contributed by atoms with Gasteiger partial charge < -0.3 is 10.0 Å². The molecule has 0 aliphatic heterocycles. The lowest BCUT2D eigenvalue weighted by molar-refractivity contribution is -0.136. The van der Waals surface area contributed by atoms with Crippen LogP contribution in [0.15, 0.2) is 29.2 Å². The van der Waals surface area contributed by atoms with Gasteiger partial charge in [0.05, 0.1) is 12.1 Å². The smallest absolute Gasteiger partial charge is 0.305 e. The van der Waals surface area contributed by atoms with Crippen LogP contribution in [0.25, 0.3) is 0 Å². The summed E-state index contributed by atoms with van der Waals surface area (Å²) in [4.78, 5) is 12.4. The summed E-state index contributed by atoms with van der Waals surface area (Å²) in [5.41, 5.74) is 0.498. The van der Waals surface area contributed by atoms with Gasteiger partial charge in [0.1, 0.15) is 4.90 Å². The van der Waals surface area contributed by atoms with Gasteiger partial charge in [-0.3, -0.25) is 4.79 Å². The van der Waals surface area contributed by atoms with Crippen LogP contribution in [0, 0.1) is 0 Å². The van der Waals surface area contributed by atoms with E-state index in [0.29, 0.717) is 18.7 Å². The second kappa shape index (κ2) is 7.25. The number of hydrogen-bond donors (Lipinski definition) is 2. The Morgan fingerprint density at radius 2 is 2.00 bits per heavy atom. The molecule has 2 N–H and O–H groups in total. The van der Waals surface area contributed by atoms with Gasteiger partial charge in [-0.2, -0.15) is 0 Å². The Kier molecular flexibility index (Phi) is 5.97. The molecule has 0 amide bonds. The van der Waals surface area contributed by atoms with E-state index in [-0.39, 0.29) is 17.9 Å². The standard InChI is InChI=1S/C13H20N2O4S/c1-3-9-14-20(18,19)12-7-5-4-6-11(12)15(2)10-8-13(16)17/h4-7,14H,3,8-10H2,1-2H3,(H,16,17). The largest absolute Gasteiger partial charge is 0.481 e. The van der Waals surface area contributed by atoms with Crippen molar-refractivity contribution in [3.8, 4) is 0 Å². The van der Waals surface area contributed by atoms with Crippen LogP contribution in [-0.4, -0.2) is 39.6 Å². The zero-order valence-corrected chi connectivity index (χ0v) is 12.5. The molecule has 0 atom stereocenters. The Hall–Kier alpha value is -1.60. The van der Waals surface area contributed by atoms with Crippen molar-refractivity contribution in [1.82, 2.24) is 4.72 Å². The van der Waals surface area contributed by atoms with Crippen molar-refractivity contribution in [2.45, 2.75) is 24.7 Å². The molecule has 0 aromatic heterocycles. The van der Waals surface area contributed by atoms with E-state index in [1.807, 2.05) is 6.92 Å². The highest BCUT2D eigenvalue weighted by Gasteiger charge is 2.19. The number of aliphatic carboxylic acids is 1. The van der Waals surface area contributed by atoms with Crippen molar-refractivity contribution in [2.24, 2.45) is 0 Å². The Balaban J connectivity index is 3.01. The van der Waals surface area contributed by atoms with Gasteiger partial charge in [0.2, 0.25) is 10.0 Å². The first-order chi connectivity index (χ1) is 9.38. The van der Waals surface area contributed by atoms with Crippen molar-refractivity contribution in [1.29, 1.82) is 0 Å². The minimum atomic E-state index is -3.58. The molecule has 0 heterocycles. The zero-order chi connectivity index (χ0) is 15.2. The number of carbonyl (C=O) groups is 1. The Morgan fingerprint density at radius 1 is 1.35 bits per heavy atom. The first-order valence-corrected chi connectivity index (χ1v) is 7.88. The van der Waals surface area contributed by atoms with E-state index in [1.165, 1.54) is 6.07 Å². The summed E-state index contributed by atoms with van der Waals surface area (Å²) in [6.45, 7) is 2.50. The lowest BCUT2D eigenvalue weighted by atomic mass is 10.3. The minimum absolute atomic E-state index is 0.0483. The van der Waals surface area contributed by atoms with Crippen molar-refractivity contribution < 1.29 is 18.3 Å². The second-order valence-corrected chi connectivity index (χ2v) is 6.17. The summed E-state index contributed by atoms with van der Waals surface area (Å²) in [7, 11) is -1.90. The fourth-order valence-electron chi connectivity index (χ4n) is 1.70. The Labute approximate surface area is 119 Å². The molecule has 20 heavy (non-hydrogen) atoms. The predicted octanol–water partition coefficient (Wildman–Crippen LogP) is 1.29. The van der Waals surface area contributed by atoms with E-state index in [9.17, 15) is 13.2 Å². The molecule has 0 bridgehead atoms. The van der Waals surface area contributed by atoms with Gasteiger partial charge in [0.15, 0.2) is 0 Å². The number of anilines is 1. The third-order valence-corrected chi connectivity index (χ3v) is 4.28. The third-order valence-electron chi connectivity index (χ3n) is 2.77. The number of sulfonamides is 1. The van der Waals surface area contributed by atoms with Gasteiger partial charge in [-0.15, -0.1) is 0 Å². The molecule has 1 rings (SSSR count). The highest BCUT2D eigenvalue weighted by Crippen LogP contribution is 2.24. The number of benzene rings is 1.